The van der Waals surface area contributed by atoms with Crippen molar-refractivity contribution in [3.63, 3.8) is 0 Å². The van der Waals surface area contributed by atoms with Gasteiger partial charge < -0.3 is 10.6 Å². The highest BCUT2D eigenvalue weighted by molar-refractivity contribution is 9.10. The maximum Gasteiger partial charge on any atom is 0.100 e. The second-order valence-corrected chi connectivity index (χ2v) is 5.17. The van der Waals surface area contributed by atoms with Crippen LogP contribution in [0.3, 0.4) is 0 Å². The van der Waals surface area contributed by atoms with Crippen LogP contribution in [-0.4, -0.2) is 19.1 Å². The fourth-order valence-corrected chi connectivity index (χ4v) is 2.58. The highest BCUT2D eigenvalue weighted by Crippen LogP contribution is 2.21. The molecule has 0 unspecified atom stereocenters. The summed E-state index contributed by atoms with van der Waals surface area (Å²) in [7, 11) is 0. The van der Waals surface area contributed by atoms with Crippen LogP contribution in [0.15, 0.2) is 22.7 Å². The molecule has 0 saturated carbocycles. The first kappa shape index (κ1) is 12.4. The van der Waals surface area contributed by atoms with Crippen LogP contribution in [0.2, 0.25) is 0 Å². The number of nitrogens with zero attached hydrogens (tertiary/aromatic N) is 1. The highest BCUT2D eigenvalue weighted by atomic mass is 79.9. The van der Waals surface area contributed by atoms with E-state index in [4.69, 9.17) is 5.26 Å². The minimum atomic E-state index is 0.671. The van der Waals surface area contributed by atoms with Crippen molar-refractivity contribution in [2.24, 2.45) is 0 Å². The lowest BCUT2D eigenvalue weighted by molar-refractivity contribution is 0.574. The van der Waals surface area contributed by atoms with Gasteiger partial charge in [-0.1, -0.05) is 0 Å². The topological polar surface area (TPSA) is 47.9 Å². The monoisotopic (exact) mass is 293 g/mol. The molecule has 1 aliphatic heterocycles. The molecular weight excluding hydrogens is 278 g/mol. The zero-order valence-corrected chi connectivity index (χ0v) is 11.3. The molecule has 0 aliphatic carbocycles. The number of halogens is 1. The van der Waals surface area contributed by atoms with Gasteiger partial charge in [0.2, 0.25) is 0 Å². The van der Waals surface area contributed by atoms with Crippen molar-refractivity contribution in [3.8, 4) is 6.07 Å². The molecule has 0 bridgehead atoms. The molecular formula is C13H16BrN3. The Labute approximate surface area is 110 Å². The summed E-state index contributed by atoms with van der Waals surface area (Å²) in [6.45, 7) is 2.13. The van der Waals surface area contributed by atoms with Crippen LogP contribution in [0.25, 0.3) is 0 Å². The van der Waals surface area contributed by atoms with Gasteiger partial charge in [0.05, 0.1) is 5.56 Å². The minimum Gasteiger partial charge on any atom is -0.385 e. The number of nitriles is 1. The van der Waals surface area contributed by atoms with Gasteiger partial charge in [0, 0.05) is 22.7 Å². The van der Waals surface area contributed by atoms with E-state index in [2.05, 4.69) is 32.6 Å². The molecule has 4 heteroatoms. The number of nitrogens with one attached hydrogen (secondary N) is 2. The van der Waals surface area contributed by atoms with Crippen molar-refractivity contribution < 1.29 is 0 Å². The fourth-order valence-electron chi connectivity index (χ4n) is 2.11. The third-order valence-corrected chi connectivity index (χ3v) is 3.73. The molecule has 2 N–H and O–H groups in total. The molecule has 3 nitrogen and oxygen atoms in total. The van der Waals surface area contributed by atoms with Crippen molar-refractivity contribution in [2.75, 3.05) is 18.4 Å². The molecule has 1 aromatic rings. The second kappa shape index (κ2) is 6.04. The summed E-state index contributed by atoms with van der Waals surface area (Å²) in [6, 6.07) is 8.55. The van der Waals surface area contributed by atoms with Gasteiger partial charge >= 0.3 is 0 Å². The average Bonchev–Trinajstić information content (AvgIpc) is 2.82. The van der Waals surface area contributed by atoms with Crippen LogP contribution < -0.4 is 10.6 Å². The van der Waals surface area contributed by atoms with Crippen molar-refractivity contribution >= 4 is 21.6 Å². The molecule has 1 aliphatic rings. The Bertz CT molecular complexity index is 419. The Hall–Kier alpha value is -1.05. The maximum absolute atomic E-state index is 8.82. The summed E-state index contributed by atoms with van der Waals surface area (Å²) in [4.78, 5) is 0. The number of hydrogen-bond acceptors (Lipinski definition) is 3. The molecule has 1 fully saturated rings. The highest BCUT2D eigenvalue weighted by Gasteiger charge is 2.12. The van der Waals surface area contributed by atoms with Crippen LogP contribution in [0.1, 0.15) is 24.8 Å². The third kappa shape index (κ3) is 3.45. The lowest BCUT2D eigenvalue weighted by Gasteiger charge is -2.12. The van der Waals surface area contributed by atoms with E-state index in [-0.39, 0.29) is 0 Å². The van der Waals surface area contributed by atoms with E-state index < -0.39 is 0 Å². The van der Waals surface area contributed by atoms with Crippen LogP contribution in [0.5, 0.6) is 0 Å². The van der Waals surface area contributed by atoms with Gasteiger partial charge in [-0.05, 0) is 59.9 Å². The van der Waals surface area contributed by atoms with E-state index in [1.165, 1.54) is 12.8 Å². The van der Waals surface area contributed by atoms with Gasteiger partial charge in [0.1, 0.15) is 6.07 Å². The van der Waals surface area contributed by atoms with Gasteiger partial charge in [-0.15, -0.1) is 0 Å². The Morgan fingerprint density at radius 3 is 3.06 bits per heavy atom. The van der Waals surface area contributed by atoms with Crippen LogP contribution in [0.4, 0.5) is 5.69 Å². The molecule has 1 aromatic carbocycles. The van der Waals surface area contributed by atoms with E-state index in [9.17, 15) is 0 Å². The van der Waals surface area contributed by atoms with Gasteiger partial charge in [-0.2, -0.15) is 5.26 Å². The Kier molecular flexibility index (Phi) is 4.41. The van der Waals surface area contributed by atoms with Gasteiger partial charge in [-0.3, -0.25) is 0 Å². The number of benzene rings is 1. The van der Waals surface area contributed by atoms with Crippen molar-refractivity contribution in [2.45, 2.75) is 25.3 Å². The molecule has 1 saturated heterocycles. The van der Waals surface area contributed by atoms with Crippen molar-refractivity contribution in [3.05, 3.63) is 28.2 Å². The first-order chi connectivity index (χ1) is 8.29. The number of anilines is 1. The fraction of sp³-hybridized carbons (Fsp3) is 0.462. The predicted octanol–water partition coefficient (Wildman–Crippen LogP) is 2.87. The normalized spacial score (nSPS) is 18.9. The van der Waals surface area contributed by atoms with Crippen molar-refractivity contribution in [1.29, 1.82) is 5.26 Å². The second-order valence-electron chi connectivity index (χ2n) is 4.32. The summed E-state index contributed by atoms with van der Waals surface area (Å²) in [5.41, 5.74) is 1.74. The molecule has 1 atom stereocenters. The lowest BCUT2D eigenvalue weighted by atomic mass is 10.1. The molecule has 90 valence electrons. The lowest BCUT2D eigenvalue weighted by Crippen LogP contribution is -2.24. The Morgan fingerprint density at radius 1 is 1.53 bits per heavy atom. The SMILES string of the molecule is N#Cc1ccc(NCC[C@H]2CCCN2)cc1Br. The molecule has 1 heterocycles. The summed E-state index contributed by atoms with van der Waals surface area (Å²) >= 11 is 3.39. The van der Waals surface area contributed by atoms with Crippen molar-refractivity contribution in [1.82, 2.24) is 5.32 Å². The van der Waals surface area contributed by atoms with Gasteiger partial charge in [0.15, 0.2) is 0 Å². The standard InChI is InChI=1S/C13H16BrN3/c14-13-8-12(4-3-10(13)9-15)17-7-5-11-2-1-6-16-11/h3-4,8,11,16-17H,1-2,5-7H2/t11-/m1/s1. The molecule has 17 heavy (non-hydrogen) atoms. The summed E-state index contributed by atoms with van der Waals surface area (Å²) in [5, 5.41) is 15.7. The molecule has 0 aromatic heterocycles. The average molecular weight is 294 g/mol. The van der Waals surface area contributed by atoms with Gasteiger partial charge in [0.25, 0.3) is 0 Å². The molecule has 2 rings (SSSR count). The summed E-state index contributed by atoms with van der Waals surface area (Å²) in [5.74, 6) is 0. The van der Waals surface area contributed by atoms with E-state index >= 15 is 0 Å². The van der Waals surface area contributed by atoms with Gasteiger partial charge in [-0.25, -0.2) is 0 Å². The van der Waals surface area contributed by atoms with Crippen LogP contribution in [0, 0.1) is 11.3 Å². The minimum absolute atomic E-state index is 0.671. The molecule has 0 amide bonds. The summed E-state index contributed by atoms with van der Waals surface area (Å²) in [6.07, 6.45) is 3.74. The molecule has 0 spiro atoms. The number of hydrogen-bond donors (Lipinski definition) is 2. The first-order valence-corrected chi connectivity index (χ1v) is 6.76. The smallest absolute Gasteiger partial charge is 0.100 e. The van der Waals surface area contributed by atoms with Crippen LogP contribution >= 0.6 is 15.9 Å². The van der Waals surface area contributed by atoms with E-state index in [0.717, 1.165) is 29.7 Å². The zero-order chi connectivity index (χ0) is 12.1. The van der Waals surface area contributed by atoms with E-state index in [0.29, 0.717) is 11.6 Å². The Morgan fingerprint density at radius 2 is 2.41 bits per heavy atom. The largest absolute Gasteiger partial charge is 0.385 e. The summed E-state index contributed by atoms with van der Waals surface area (Å²) < 4.78 is 0.851. The molecule has 0 radical (unpaired) electrons. The Balaban J connectivity index is 1.82. The maximum atomic E-state index is 8.82. The first-order valence-electron chi connectivity index (χ1n) is 5.96. The zero-order valence-electron chi connectivity index (χ0n) is 9.67. The number of rotatable bonds is 4. The quantitative estimate of drug-likeness (QED) is 0.897. The van der Waals surface area contributed by atoms with E-state index in [1.807, 2.05) is 18.2 Å². The van der Waals surface area contributed by atoms with E-state index in [1.54, 1.807) is 0 Å². The predicted molar refractivity (Wildman–Crippen MR) is 73.0 cm³/mol. The van der Waals surface area contributed by atoms with Crippen LogP contribution in [-0.2, 0) is 0 Å². The third-order valence-electron chi connectivity index (χ3n) is 3.07.